The lowest BCUT2D eigenvalue weighted by Crippen LogP contribution is -2.44. The van der Waals surface area contributed by atoms with Gasteiger partial charge in [0, 0.05) is 23.2 Å². The SMILES string of the molecule is CCCCCCN(C(=O)Nc1ccc(OC(F)(F)F)cc1)C1Cc2ccc(SC(C)(C)C(=O)O)cc2C1. The number of carboxylic acids is 1. The topological polar surface area (TPSA) is 78.9 Å². The maximum absolute atomic E-state index is 13.3. The van der Waals surface area contributed by atoms with Crippen molar-refractivity contribution < 1.29 is 32.6 Å². The van der Waals surface area contributed by atoms with Crippen LogP contribution in [0.2, 0.25) is 0 Å². The smallest absolute Gasteiger partial charge is 0.480 e. The summed E-state index contributed by atoms with van der Waals surface area (Å²) in [5.74, 6) is -1.24. The zero-order valence-corrected chi connectivity index (χ0v) is 22.0. The maximum atomic E-state index is 13.3. The fourth-order valence-electron chi connectivity index (χ4n) is 4.29. The quantitative estimate of drug-likeness (QED) is 0.235. The Balaban J connectivity index is 1.71. The van der Waals surface area contributed by atoms with Crippen molar-refractivity contribution in [3.63, 3.8) is 0 Å². The van der Waals surface area contributed by atoms with Gasteiger partial charge in [0.15, 0.2) is 0 Å². The molecule has 1 aliphatic carbocycles. The lowest BCUT2D eigenvalue weighted by Gasteiger charge is -2.29. The van der Waals surface area contributed by atoms with Gasteiger partial charge in [-0.3, -0.25) is 4.79 Å². The van der Waals surface area contributed by atoms with Crippen molar-refractivity contribution in [3.05, 3.63) is 53.6 Å². The summed E-state index contributed by atoms with van der Waals surface area (Å²) in [4.78, 5) is 27.5. The summed E-state index contributed by atoms with van der Waals surface area (Å²) in [6, 6.07) is 10.6. The standard InChI is InChI=1S/C27H33F3N2O4S/c1-4-5-6-7-14-32(25(35)31-20-9-11-22(12-10-20)36-27(28,29)30)21-15-18-8-13-23(17-19(18)16-21)37-26(2,3)24(33)34/h8-13,17,21H,4-7,14-16H2,1-3H3,(H,31,35)(H,33,34). The molecule has 1 unspecified atom stereocenters. The monoisotopic (exact) mass is 538 g/mol. The van der Waals surface area contributed by atoms with Crippen molar-refractivity contribution in [3.8, 4) is 5.75 Å². The molecule has 0 bridgehead atoms. The molecule has 2 amide bonds. The van der Waals surface area contributed by atoms with Crippen LogP contribution in [0, 0.1) is 0 Å². The van der Waals surface area contributed by atoms with Crippen LogP contribution >= 0.6 is 11.8 Å². The largest absolute Gasteiger partial charge is 0.573 e. The molecular weight excluding hydrogens is 505 g/mol. The highest BCUT2D eigenvalue weighted by atomic mass is 32.2. The molecule has 0 saturated carbocycles. The van der Waals surface area contributed by atoms with Gasteiger partial charge in [0.05, 0.1) is 0 Å². The van der Waals surface area contributed by atoms with E-state index in [-0.39, 0.29) is 17.8 Å². The molecule has 2 aromatic carbocycles. The molecule has 0 fully saturated rings. The fraction of sp³-hybridized carbons (Fsp3) is 0.481. The molecule has 3 rings (SSSR count). The molecule has 0 saturated heterocycles. The number of carboxylic acid groups (broad SMARTS) is 1. The van der Waals surface area contributed by atoms with Crippen molar-refractivity contribution in [2.24, 2.45) is 0 Å². The summed E-state index contributed by atoms with van der Waals surface area (Å²) in [5.41, 5.74) is 2.60. The van der Waals surface area contributed by atoms with Crippen LogP contribution in [0.5, 0.6) is 5.75 Å². The van der Waals surface area contributed by atoms with Crippen LogP contribution in [0.25, 0.3) is 0 Å². The minimum atomic E-state index is -4.78. The number of hydrogen-bond acceptors (Lipinski definition) is 4. The second-order valence-corrected chi connectivity index (χ2v) is 11.4. The first-order valence-corrected chi connectivity index (χ1v) is 13.2. The number of halogens is 3. The molecule has 0 heterocycles. The van der Waals surface area contributed by atoms with E-state index in [0.29, 0.717) is 25.1 Å². The molecule has 6 nitrogen and oxygen atoms in total. The zero-order chi connectivity index (χ0) is 27.2. The van der Waals surface area contributed by atoms with E-state index in [1.807, 2.05) is 23.1 Å². The minimum absolute atomic E-state index is 0.0720. The van der Waals surface area contributed by atoms with E-state index in [9.17, 15) is 27.9 Å². The van der Waals surface area contributed by atoms with E-state index in [1.54, 1.807) is 13.8 Å². The molecule has 2 N–H and O–H groups in total. The molecule has 37 heavy (non-hydrogen) atoms. The van der Waals surface area contributed by atoms with Crippen molar-refractivity contribution >= 4 is 29.4 Å². The third kappa shape index (κ3) is 8.31. The summed E-state index contributed by atoms with van der Waals surface area (Å²) in [6.07, 6.45) is 0.536. The number of urea groups is 1. The predicted octanol–water partition coefficient (Wildman–Crippen LogP) is 7.12. The molecule has 2 aromatic rings. The van der Waals surface area contributed by atoms with Gasteiger partial charge in [-0.25, -0.2) is 4.79 Å². The Labute approximate surface area is 219 Å². The summed E-state index contributed by atoms with van der Waals surface area (Å²) < 4.78 is 40.2. The van der Waals surface area contributed by atoms with Crippen LogP contribution < -0.4 is 10.1 Å². The van der Waals surface area contributed by atoms with Crippen molar-refractivity contribution in [1.82, 2.24) is 4.90 Å². The molecule has 0 aromatic heterocycles. The number of carbonyl (C=O) groups is 2. The van der Waals surface area contributed by atoms with Crippen LogP contribution in [0.15, 0.2) is 47.4 Å². The number of hydrogen-bond donors (Lipinski definition) is 2. The maximum Gasteiger partial charge on any atom is 0.573 e. The van der Waals surface area contributed by atoms with Crippen LogP contribution in [0.4, 0.5) is 23.7 Å². The lowest BCUT2D eigenvalue weighted by atomic mass is 10.1. The number of ether oxygens (including phenoxy) is 1. The summed E-state index contributed by atoms with van der Waals surface area (Å²) in [7, 11) is 0. The number of carbonyl (C=O) groups excluding carboxylic acids is 1. The van der Waals surface area contributed by atoms with Crippen molar-refractivity contribution in [2.75, 3.05) is 11.9 Å². The highest BCUT2D eigenvalue weighted by molar-refractivity contribution is 8.01. The van der Waals surface area contributed by atoms with Gasteiger partial charge in [0.25, 0.3) is 0 Å². The number of nitrogens with zero attached hydrogens (tertiary/aromatic N) is 1. The van der Waals surface area contributed by atoms with Gasteiger partial charge in [-0.2, -0.15) is 0 Å². The third-order valence-electron chi connectivity index (χ3n) is 6.27. The van der Waals surface area contributed by atoms with Gasteiger partial charge >= 0.3 is 18.4 Å². The Bertz CT molecular complexity index is 1090. The van der Waals surface area contributed by atoms with E-state index in [2.05, 4.69) is 17.0 Å². The molecule has 202 valence electrons. The molecule has 1 atom stereocenters. The summed E-state index contributed by atoms with van der Waals surface area (Å²) >= 11 is 1.29. The van der Waals surface area contributed by atoms with Gasteiger partial charge in [-0.15, -0.1) is 24.9 Å². The van der Waals surface area contributed by atoms with Gasteiger partial charge < -0.3 is 20.1 Å². The number of alkyl halides is 3. The highest BCUT2D eigenvalue weighted by Crippen LogP contribution is 2.36. The number of aliphatic carboxylic acids is 1. The molecule has 10 heteroatoms. The normalized spacial score (nSPS) is 15.2. The molecule has 1 aliphatic rings. The van der Waals surface area contributed by atoms with Crippen LogP contribution in [0.1, 0.15) is 57.6 Å². The molecule has 0 aliphatic heterocycles. The van der Waals surface area contributed by atoms with E-state index < -0.39 is 17.1 Å². The average molecular weight is 539 g/mol. The first-order chi connectivity index (χ1) is 17.4. The van der Waals surface area contributed by atoms with Gasteiger partial charge in [0.2, 0.25) is 0 Å². The van der Waals surface area contributed by atoms with E-state index in [4.69, 9.17) is 0 Å². The van der Waals surface area contributed by atoms with Gasteiger partial charge in [-0.05, 0) is 80.6 Å². The number of benzene rings is 2. The van der Waals surface area contributed by atoms with Crippen molar-refractivity contribution in [2.45, 2.75) is 81.3 Å². The molecule has 0 spiro atoms. The Morgan fingerprint density at radius 3 is 2.35 bits per heavy atom. The average Bonchev–Trinajstić information content (AvgIpc) is 3.22. The number of thioether (sulfide) groups is 1. The van der Waals surface area contributed by atoms with E-state index in [1.165, 1.54) is 23.9 Å². The van der Waals surface area contributed by atoms with Crippen LogP contribution in [-0.4, -0.2) is 45.7 Å². The van der Waals surface area contributed by atoms with Crippen molar-refractivity contribution in [1.29, 1.82) is 0 Å². The van der Waals surface area contributed by atoms with Gasteiger partial charge in [0.1, 0.15) is 10.5 Å². The number of amides is 2. The highest BCUT2D eigenvalue weighted by Gasteiger charge is 2.33. The number of anilines is 1. The Morgan fingerprint density at radius 1 is 1.05 bits per heavy atom. The summed E-state index contributed by atoms with van der Waals surface area (Å²) in [6.45, 7) is 6.01. The van der Waals surface area contributed by atoms with E-state index in [0.717, 1.165) is 53.8 Å². The molecule has 0 radical (unpaired) electrons. The number of nitrogens with one attached hydrogen (secondary N) is 1. The lowest BCUT2D eigenvalue weighted by molar-refractivity contribution is -0.274. The second-order valence-electron chi connectivity index (χ2n) is 9.67. The van der Waals surface area contributed by atoms with Crippen LogP contribution in [0.3, 0.4) is 0 Å². The minimum Gasteiger partial charge on any atom is -0.480 e. The number of rotatable bonds is 11. The molecular formula is C27H33F3N2O4S. The number of fused-ring (bicyclic) bond motifs is 1. The third-order valence-corrected chi connectivity index (χ3v) is 7.44. The Kier molecular flexibility index (Phi) is 9.39. The Hall–Kier alpha value is -2.88. The van der Waals surface area contributed by atoms with Crippen LogP contribution in [-0.2, 0) is 17.6 Å². The Morgan fingerprint density at radius 2 is 1.73 bits per heavy atom. The summed E-state index contributed by atoms with van der Waals surface area (Å²) in [5, 5.41) is 12.3. The zero-order valence-electron chi connectivity index (χ0n) is 21.2. The van der Waals surface area contributed by atoms with E-state index >= 15 is 0 Å². The first-order valence-electron chi connectivity index (χ1n) is 12.4. The van der Waals surface area contributed by atoms with Gasteiger partial charge in [-0.1, -0.05) is 32.3 Å². The number of unbranched alkanes of at least 4 members (excludes halogenated alkanes) is 3. The predicted molar refractivity (Wildman–Crippen MR) is 138 cm³/mol. The first kappa shape index (κ1) is 28.7. The fourth-order valence-corrected chi connectivity index (χ4v) is 5.30. The second kappa shape index (κ2) is 12.1.